The van der Waals surface area contributed by atoms with Gasteiger partial charge in [-0.05, 0) is 18.4 Å². The highest BCUT2D eigenvalue weighted by Gasteiger charge is 2.09. The molecule has 0 aliphatic carbocycles. The van der Waals surface area contributed by atoms with E-state index in [9.17, 15) is 0 Å². The molecule has 2 heteroatoms. The first-order valence-electron chi connectivity index (χ1n) is 5.03. The monoisotopic (exact) mass is 175 g/mol. The summed E-state index contributed by atoms with van der Waals surface area (Å²) in [6.07, 6.45) is 0. The highest BCUT2D eigenvalue weighted by Crippen LogP contribution is 2.07. The van der Waals surface area contributed by atoms with Crippen molar-refractivity contribution < 1.29 is 5.11 Å². The van der Waals surface area contributed by atoms with Crippen molar-refractivity contribution in [2.75, 3.05) is 19.7 Å². The zero-order valence-electron chi connectivity index (χ0n) is 9.22. The van der Waals surface area contributed by atoms with Crippen molar-refractivity contribution in [1.29, 1.82) is 0 Å². The van der Waals surface area contributed by atoms with Gasteiger partial charge in [0.05, 0.1) is 0 Å². The van der Waals surface area contributed by atoms with E-state index < -0.39 is 0 Å². The average molecular weight is 175 g/mol. The summed E-state index contributed by atoms with van der Waals surface area (Å²) >= 11 is 0. The van der Waals surface area contributed by atoms with E-state index in [4.69, 9.17) is 5.11 Å². The summed E-state index contributed by atoms with van der Waals surface area (Å²) in [7, 11) is 0. The fraction of sp³-hybridized carbons (Fsp3) is 1.00. The van der Waals surface area contributed by atoms with Gasteiger partial charge < -0.3 is 10.4 Å². The van der Waals surface area contributed by atoms with Crippen LogP contribution in [0.25, 0.3) is 0 Å². The van der Waals surface area contributed by atoms with Gasteiger partial charge in [-0.25, -0.2) is 0 Å². The molecule has 0 fully saturated rings. The molecule has 0 rings (SSSR count). The number of hydrogen-bond acceptors (Lipinski definition) is 2. The number of aliphatic hydroxyl groups excluding tert-OH is 1. The van der Waals surface area contributed by atoms with Crippen LogP contribution in [0.3, 0.4) is 0 Å². The average Bonchev–Trinajstić information content (AvgIpc) is 2.09. The van der Waals surface area contributed by atoms with E-state index >= 15 is 0 Å². The van der Waals surface area contributed by atoms with Crippen LogP contribution in [0.2, 0.25) is 0 Å². The summed E-state index contributed by atoms with van der Waals surface area (Å²) in [5.41, 5.74) is 0. The largest absolute Gasteiger partial charge is 0.396 e. The second-order valence-corrected chi connectivity index (χ2v) is 2.99. The Hall–Kier alpha value is -0.0800. The maximum atomic E-state index is 8.88. The van der Waals surface area contributed by atoms with E-state index in [2.05, 4.69) is 26.1 Å². The number of nitrogens with one attached hydrogen (secondary N) is 1. The molecule has 0 aliphatic rings. The Labute approximate surface area is 77.4 Å². The lowest BCUT2D eigenvalue weighted by Gasteiger charge is -2.17. The minimum Gasteiger partial charge on any atom is -0.396 e. The molecule has 0 aromatic rings. The Morgan fingerprint density at radius 2 is 1.75 bits per heavy atom. The van der Waals surface area contributed by atoms with Crippen LogP contribution in [-0.4, -0.2) is 24.8 Å². The molecule has 0 bridgehead atoms. The van der Waals surface area contributed by atoms with Crippen molar-refractivity contribution in [3.8, 4) is 0 Å². The van der Waals surface area contributed by atoms with Crippen molar-refractivity contribution in [2.24, 2.45) is 11.8 Å². The van der Waals surface area contributed by atoms with Gasteiger partial charge in [0.25, 0.3) is 0 Å². The predicted molar refractivity (Wildman–Crippen MR) is 55.3 cm³/mol. The van der Waals surface area contributed by atoms with Crippen LogP contribution in [0.5, 0.6) is 0 Å². The van der Waals surface area contributed by atoms with Gasteiger partial charge in [-0.1, -0.05) is 34.6 Å². The summed E-state index contributed by atoms with van der Waals surface area (Å²) in [4.78, 5) is 0. The van der Waals surface area contributed by atoms with E-state index in [1.165, 1.54) is 0 Å². The van der Waals surface area contributed by atoms with E-state index in [1.54, 1.807) is 0 Å². The number of hydrogen-bond donors (Lipinski definition) is 2. The molecule has 0 aromatic carbocycles. The van der Waals surface area contributed by atoms with Crippen molar-refractivity contribution in [3.63, 3.8) is 0 Å². The first-order chi connectivity index (χ1) is 5.72. The fourth-order valence-electron chi connectivity index (χ4n) is 0.841. The van der Waals surface area contributed by atoms with Gasteiger partial charge in [-0.3, -0.25) is 0 Å². The van der Waals surface area contributed by atoms with Gasteiger partial charge in [0.2, 0.25) is 0 Å². The summed E-state index contributed by atoms with van der Waals surface area (Å²) in [5.74, 6) is 0.990. The fourth-order valence-corrected chi connectivity index (χ4v) is 0.841. The third-order valence-electron chi connectivity index (χ3n) is 1.83. The molecule has 0 saturated heterocycles. The lowest BCUT2D eigenvalue weighted by atomic mass is 9.97. The molecule has 1 atom stereocenters. The zero-order valence-corrected chi connectivity index (χ0v) is 9.22. The smallest absolute Gasteiger partial charge is 0.0473 e. The van der Waals surface area contributed by atoms with E-state index in [1.807, 2.05) is 13.8 Å². The molecule has 0 aliphatic heterocycles. The Balaban J connectivity index is 0. The van der Waals surface area contributed by atoms with E-state index in [0.29, 0.717) is 18.4 Å². The lowest BCUT2D eigenvalue weighted by molar-refractivity contribution is 0.187. The molecule has 0 amide bonds. The first kappa shape index (κ1) is 14.4. The number of aliphatic hydroxyl groups is 1. The lowest BCUT2D eigenvalue weighted by Crippen LogP contribution is -2.28. The van der Waals surface area contributed by atoms with Crippen LogP contribution >= 0.6 is 0 Å². The molecule has 2 N–H and O–H groups in total. The van der Waals surface area contributed by atoms with Crippen molar-refractivity contribution in [3.05, 3.63) is 0 Å². The molecule has 12 heavy (non-hydrogen) atoms. The SMILES string of the molecule is CC.CCNCC(CO)C(C)C. The Morgan fingerprint density at radius 1 is 1.25 bits per heavy atom. The van der Waals surface area contributed by atoms with Gasteiger partial charge >= 0.3 is 0 Å². The third kappa shape index (κ3) is 8.02. The second-order valence-electron chi connectivity index (χ2n) is 2.99. The second kappa shape index (κ2) is 10.9. The maximum Gasteiger partial charge on any atom is 0.0473 e. The van der Waals surface area contributed by atoms with Gasteiger partial charge in [0.1, 0.15) is 0 Å². The third-order valence-corrected chi connectivity index (χ3v) is 1.83. The highest BCUT2D eigenvalue weighted by atomic mass is 16.3. The van der Waals surface area contributed by atoms with Crippen molar-refractivity contribution >= 4 is 0 Å². The van der Waals surface area contributed by atoms with Crippen LogP contribution in [-0.2, 0) is 0 Å². The van der Waals surface area contributed by atoms with Gasteiger partial charge in [0, 0.05) is 13.2 Å². The Kier molecular flexibility index (Phi) is 13.1. The molecule has 2 nitrogen and oxygen atoms in total. The van der Waals surface area contributed by atoms with Crippen LogP contribution in [0, 0.1) is 11.8 Å². The number of rotatable bonds is 5. The summed E-state index contributed by atoms with van der Waals surface area (Å²) in [6.45, 7) is 12.6. The highest BCUT2D eigenvalue weighted by molar-refractivity contribution is 4.63. The summed E-state index contributed by atoms with van der Waals surface area (Å²) in [5, 5.41) is 12.1. The quantitative estimate of drug-likeness (QED) is 0.669. The molecular weight excluding hydrogens is 150 g/mol. The normalized spacial score (nSPS) is 12.2. The van der Waals surface area contributed by atoms with Gasteiger partial charge in [-0.15, -0.1) is 0 Å². The van der Waals surface area contributed by atoms with Crippen LogP contribution < -0.4 is 5.32 Å². The summed E-state index contributed by atoms with van der Waals surface area (Å²) in [6, 6.07) is 0. The molecule has 0 radical (unpaired) electrons. The van der Waals surface area contributed by atoms with Gasteiger partial charge in [0.15, 0.2) is 0 Å². The molecule has 1 unspecified atom stereocenters. The molecule has 76 valence electrons. The van der Waals surface area contributed by atoms with Crippen LogP contribution in [0.1, 0.15) is 34.6 Å². The molecule has 0 aromatic heterocycles. The Morgan fingerprint density at radius 3 is 2.00 bits per heavy atom. The van der Waals surface area contributed by atoms with Crippen LogP contribution in [0.15, 0.2) is 0 Å². The van der Waals surface area contributed by atoms with Crippen molar-refractivity contribution in [1.82, 2.24) is 5.32 Å². The molecule has 0 spiro atoms. The minimum absolute atomic E-state index is 0.296. The summed E-state index contributed by atoms with van der Waals surface area (Å²) < 4.78 is 0. The standard InChI is InChI=1S/C8H19NO.C2H6/c1-4-9-5-8(6-10)7(2)3;1-2/h7-10H,4-6H2,1-3H3;1-2H3. The first-order valence-corrected chi connectivity index (χ1v) is 5.03. The Bertz CT molecular complexity index is 74.2. The zero-order chi connectivity index (χ0) is 9.98. The predicted octanol–water partition coefficient (Wildman–Crippen LogP) is 1.89. The molecular formula is C10H25NO. The van der Waals surface area contributed by atoms with E-state index in [-0.39, 0.29) is 0 Å². The maximum absolute atomic E-state index is 8.88. The van der Waals surface area contributed by atoms with Gasteiger partial charge in [-0.2, -0.15) is 0 Å². The molecule has 0 saturated carbocycles. The molecule has 0 heterocycles. The van der Waals surface area contributed by atoms with Crippen molar-refractivity contribution in [2.45, 2.75) is 34.6 Å². The van der Waals surface area contributed by atoms with Crippen LogP contribution in [0.4, 0.5) is 0 Å². The topological polar surface area (TPSA) is 32.3 Å². The van der Waals surface area contributed by atoms with E-state index in [0.717, 1.165) is 13.1 Å². The minimum atomic E-state index is 0.296.